The van der Waals surface area contributed by atoms with Crippen LogP contribution in [0.3, 0.4) is 0 Å². The van der Waals surface area contributed by atoms with Crippen molar-refractivity contribution in [1.82, 2.24) is 9.44 Å². The Bertz CT molecular complexity index is 1820. The van der Waals surface area contributed by atoms with E-state index in [9.17, 15) is 16.8 Å². The molecule has 252 valence electrons. The fourth-order valence-corrected chi connectivity index (χ4v) is 5.32. The average molecular weight is 705 g/mol. The van der Waals surface area contributed by atoms with Crippen LogP contribution in [0.15, 0.2) is 129 Å². The van der Waals surface area contributed by atoms with Gasteiger partial charge in [-0.1, -0.05) is 96.1 Å². The lowest BCUT2D eigenvalue weighted by Crippen LogP contribution is -2.36. The van der Waals surface area contributed by atoms with Gasteiger partial charge in [0.15, 0.2) is 0 Å². The fraction of sp³-hybridized carbons (Fsp3) is 0.133. The monoisotopic (exact) mass is 704 g/mol. The molecule has 0 spiro atoms. The van der Waals surface area contributed by atoms with Gasteiger partial charge in [0, 0.05) is 0 Å². The van der Waals surface area contributed by atoms with Gasteiger partial charge in [-0.25, -0.2) is 36.3 Å². The summed E-state index contributed by atoms with van der Waals surface area (Å²) in [6.07, 6.45) is 0. The number of hydrogen-bond acceptors (Lipinski definition) is 8. The molecule has 0 heterocycles. The highest BCUT2D eigenvalue weighted by molar-refractivity contribution is 7.90. The zero-order valence-electron chi connectivity index (χ0n) is 25.4. The zero-order chi connectivity index (χ0) is 35.1. The molecule has 4 aromatic rings. The molecular weight excluding hydrogens is 669 g/mol. The number of rotatable bonds is 8. The standard InChI is InChI=1S/2C15H17N3O2S.H2O4S/c2*1-12-7-9-14(10-8-12)21(19,20)18-15(16)17-11-13-5-3-2-4-6-13;1-5(2,3)4/h2*2-10H,11H2,1H3,(H3,16,17,18);(H2,1,2,3,4). The van der Waals surface area contributed by atoms with E-state index >= 15 is 0 Å². The van der Waals surface area contributed by atoms with E-state index in [-0.39, 0.29) is 21.7 Å². The van der Waals surface area contributed by atoms with Gasteiger partial charge in [-0.3, -0.25) is 9.11 Å². The lowest BCUT2D eigenvalue weighted by atomic mass is 10.2. The maximum absolute atomic E-state index is 12.1. The molecule has 4 aromatic carbocycles. The Kier molecular flexibility index (Phi) is 14.5. The largest absolute Gasteiger partial charge is 0.394 e. The number of nitrogens with two attached hydrogens (primary N) is 2. The van der Waals surface area contributed by atoms with Crippen LogP contribution in [0.4, 0.5) is 0 Å². The Labute approximate surface area is 275 Å². The van der Waals surface area contributed by atoms with Gasteiger partial charge in [0.2, 0.25) is 11.9 Å². The Balaban J connectivity index is 0.000000286. The molecule has 0 saturated heterocycles. The third-order valence-electron chi connectivity index (χ3n) is 5.69. The predicted octanol–water partition coefficient (Wildman–Crippen LogP) is 2.92. The molecule has 0 radical (unpaired) electrons. The number of nitrogens with one attached hydrogen (secondary N) is 2. The summed E-state index contributed by atoms with van der Waals surface area (Å²) in [6, 6.07) is 32.0. The van der Waals surface area contributed by atoms with E-state index in [0.29, 0.717) is 13.1 Å². The molecule has 0 aliphatic rings. The summed E-state index contributed by atoms with van der Waals surface area (Å²) >= 11 is 0. The van der Waals surface area contributed by atoms with Gasteiger partial charge in [0.05, 0.1) is 22.9 Å². The van der Waals surface area contributed by atoms with E-state index < -0.39 is 30.4 Å². The lowest BCUT2D eigenvalue weighted by molar-refractivity contribution is 0.381. The first-order chi connectivity index (χ1) is 21.9. The molecule has 14 nitrogen and oxygen atoms in total. The second-order valence-corrected chi connectivity index (χ2v) is 13.9. The summed E-state index contributed by atoms with van der Waals surface area (Å²) in [5.74, 6) is -0.251. The maximum Gasteiger partial charge on any atom is 0.394 e. The van der Waals surface area contributed by atoms with E-state index in [1.165, 1.54) is 24.3 Å². The smallest absolute Gasteiger partial charge is 0.369 e. The third kappa shape index (κ3) is 15.8. The lowest BCUT2D eigenvalue weighted by Gasteiger charge is -2.07. The molecule has 0 aromatic heterocycles. The van der Waals surface area contributed by atoms with Gasteiger partial charge in [-0.15, -0.1) is 0 Å². The molecule has 17 heteroatoms. The van der Waals surface area contributed by atoms with Crippen molar-refractivity contribution in [2.75, 3.05) is 0 Å². The summed E-state index contributed by atoms with van der Waals surface area (Å²) in [4.78, 5) is 8.37. The minimum atomic E-state index is -4.67. The number of hydrogen-bond donors (Lipinski definition) is 6. The first kappa shape index (κ1) is 38.4. The number of aryl methyl sites for hydroxylation is 2. The van der Waals surface area contributed by atoms with Gasteiger partial charge in [0.1, 0.15) is 0 Å². The second kappa shape index (κ2) is 17.8. The maximum atomic E-state index is 12.1. The van der Waals surface area contributed by atoms with Crippen molar-refractivity contribution in [3.63, 3.8) is 0 Å². The first-order valence-electron chi connectivity index (χ1n) is 13.5. The van der Waals surface area contributed by atoms with Crippen LogP contribution in [-0.4, -0.2) is 46.3 Å². The summed E-state index contributed by atoms with van der Waals surface area (Å²) in [5.41, 5.74) is 15.1. The van der Waals surface area contributed by atoms with Crippen LogP contribution < -0.4 is 20.9 Å². The minimum Gasteiger partial charge on any atom is -0.369 e. The van der Waals surface area contributed by atoms with Crippen molar-refractivity contribution in [3.8, 4) is 0 Å². The second-order valence-electron chi connectivity index (χ2n) is 9.66. The summed E-state index contributed by atoms with van der Waals surface area (Å²) in [5, 5.41) is 0. The van der Waals surface area contributed by atoms with Gasteiger partial charge in [-0.2, -0.15) is 8.42 Å². The molecule has 0 fully saturated rings. The SMILES string of the molecule is Cc1ccc(S(=O)(=O)NC(N)=NCc2ccccc2)cc1.Cc1ccc(S(=O)(=O)NC(N)=NCc2ccccc2)cc1.O=S(=O)(O)O. The third-order valence-corrected chi connectivity index (χ3v) is 8.43. The number of sulfonamides is 2. The number of benzene rings is 4. The van der Waals surface area contributed by atoms with Crippen molar-refractivity contribution in [1.29, 1.82) is 0 Å². The molecule has 4 rings (SSSR count). The molecular formula is C30H36N6O8S3. The molecule has 0 amide bonds. The number of guanidine groups is 2. The topological polar surface area (TPSA) is 244 Å². The van der Waals surface area contributed by atoms with Crippen LogP contribution in [0.1, 0.15) is 22.3 Å². The predicted molar refractivity (Wildman–Crippen MR) is 181 cm³/mol. The molecule has 0 unspecified atom stereocenters. The van der Waals surface area contributed by atoms with Crippen molar-refractivity contribution < 1.29 is 34.4 Å². The van der Waals surface area contributed by atoms with Crippen molar-refractivity contribution >= 4 is 42.4 Å². The normalized spacial score (nSPS) is 12.1. The highest BCUT2D eigenvalue weighted by Gasteiger charge is 2.15. The fourth-order valence-electron chi connectivity index (χ4n) is 3.41. The van der Waals surface area contributed by atoms with E-state index in [1.54, 1.807) is 24.3 Å². The highest BCUT2D eigenvalue weighted by Crippen LogP contribution is 2.11. The number of aliphatic imine (C=N–C) groups is 2. The Morgan fingerprint density at radius 1 is 0.553 bits per heavy atom. The Morgan fingerprint density at radius 3 is 1.11 bits per heavy atom. The van der Waals surface area contributed by atoms with Gasteiger partial charge in [0.25, 0.3) is 20.0 Å². The minimum absolute atomic E-state index is 0.126. The van der Waals surface area contributed by atoms with Crippen LogP contribution in [0, 0.1) is 13.8 Å². The molecule has 47 heavy (non-hydrogen) atoms. The zero-order valence-corrected chi connectivity index (χ0v) is 27.9. The van der Waals surface area contributed by atoms with E-state index in [1.807, 2.05) is 74.5 Å². The van der Waals surface area contributed by atoms with Gasteiger partial charge >= 0.3 is 10.4 Å². The molecule has 0 aliphatic heterocycles. The molecule has 0 bridgehead atoms. The van der Waals surface area contributed by atoms with E-state index in [2.05, 4.69) is 19.4 Å². The van der Waals surface area contributed by atoms with Crippen molar-refractivity contribution in [2.45, 2.75) is 36.7 Å². The Morgan fingerprint density at radius 2 is 0.830 bits per heavy atom. The highest BCUT2D eigenvalue weighted by atomic mass is 32.3. The van der Waals surface area contributed by atoms with E-state index in [4.69, 9.17) is 29.0 Å². The van der Waals surface area contributed by atoms with Crippen LogP contribution >= 0.6 is 0 Å². The van der Waals surface area contributed by atoms with Crippen LogP contribution in [0.5, 0.6) is 0 Å². The molecule has 0 aliphatic carbocycles. The van der Waals surface area contributed by atoms with E-state index in [0.717, 1.165) is 22.3 Å². The molecule has 8 N–H and O–H groups in total. The van der Waals surface area contributed by atoms with Crippen LogP contribution in [0.2, 0.25) is 0 Å². The van der Waals surface area contributed by atoms with Crippen LogP contribution in [0.25, 0.3) is 0 Å². The van der Waals surface area contributed by atoms with Gasteiger partial charge < -0.3 is 11.5 Å². The van der Waals surface area contributed by atoms with Crippen LogP contribution in [-0.2, 0) is 43.5 Å². The quantitative estimate of drug-likeness (QED) is 0.0890. The van der Waals surface area contributed by atoms with Gasteiger partial charge in [-0.05, 0) is 49.2 Å². The van der Waals surface area contributed by atoms with Crippen molar-refractivity contribution in [3.05, 3.63) is 131 Å². The summed E-state index contributed by atoms with van der Waals surface area (Å²) in [6.45, 7) is 4.42. The average Bonchev–Trinajstić information content (AvgIpc) is 3.00. The molecule has 0 saturated carbocycles. The molecule has 0 atom stereocenters. The van der Waals surface area contributed by atoms with Crippen molar-refractivity contribution in [2.24, 2.45) is 21.5 Å². The summed E-state index contributed by atoms with van der Waals surface area (Å²) in [7, 11) is -12.0. The Hall–Kier alpha value is -4.81. The summed E-state index contributed by atoms with van der Waals surface area (Å²) < 4.78 is 84.5. The number of nitrogens with zero attached hydrogens (tertiary/aromatic N) is 2. The first-order valence-corrected chi connectivity index (χ1v) is 17.9.